The van der Waals surface area contributed by atoms with Crippen LogP contribution in [0.4, 0.5) is 0 Å². The lowest BCUT2D eigenvalue weighted by molar-refractivity contribution is -0.145. The van der Waals surface area contributed by atoms with Gasteiger partial charge in [-0.05, 0) is 26.2 Å². The molecule has 1 aliphatic carbocycles. The van der Waals surface area contributed by atoms with E-state index >= 15 is 0 Å². The molecule has 0 radical (unpaired) electrons. The summed E-state index contributed by atoms with van der Waals surface area (Å²) >= 11 is 0. The van der Waals surface area contributed by atoms with Gasteiger partial charge in [0.1, 0.15) is 0 Å². The smallest absolute Gasteiger partial charge is 0.328 e. The van der Waals surface area contributed by atoms with Crippen LogP contribution in [0, 0.1) is 5.92 Å². The van der Waals surface area contributed by atoms with E-state index in [4.69, 9.17) is 4.74 Å². The van der Waals surface area contributed by atoms with Crippen LogP contribution >= 0.6 is 0 Å². The van der Waals surface area contributed by atoms with Crippen molar-refractivity contribution in [3.63, 3.8) is 0 Å². The van der Waals surface area contributed by atoms with Gasteiger partial charge in [0.2, 0.25) is 5.91 Å². The van der Waals surface area contributed by atoms with Gasteiger partial charge in [0.25, 0.3) is 5.56 Å². The Labute approximate surface area is 137 Å². The lowest BCUT2D eigenvalue weighted by Gasteiger charge is -2.10. The molecule has 0 aliphatic heterocycles. The number of aryl methyl sites for hydroxylation is 1. The maximum atomic E-state index is 11.8. The minimum absolute atomic E-state index is 0.0206. The quantitative estimate of drug-likeness (QED) is 0.548. The van der Waals surface area contributed by atoms with Crippen molar-refractivity contribution < 1.29 is 14.3 Å². The monoisotopic (exact) mass is 336 g/mol. The van der Waals surface area contributed by atoms with Crippen molar-refractivity contribution in [2.75, 3.05) is 6.61 Å². The molecule has 2 N–H and O–H groups in total. The fourth-order valence-corrected chi connectivity index (χ4v) is 2.49. The standard InChI is InChI=1S/C15H20N4O5/c1-2-24-14(22)10-4-3-5-11(10)17-18-13(21)7-9-19-8-6-12(20)16-15(19)23/h6,8,10H,2-5,7,9H2,1H3,(H,18,21)(H,16,20,23)/b17-11+. The third-order valence-electron chi connectivity index (χ3n) is 3.70. The second kappa shape index (κ2) is 8.23. The third kappa shape index (κ3) is 4.64. The van der Waals surface area contributed by atoms with Gasteiger partial charge in [0, 0.05) is 25.2 Å². The van der Waals surface area contributed by atoms with E-state index in [1.54, 1.807) is 6.92 Å². The number of amides is 1. The van der Waals surface area contributed by atoms with Crippen LogP contribution in [0.15, 0.2) is 27.0 Å². The van der Waals surface area contributed by atoms with Crippen molar-refractivity contribution in [1.29, 1.82) is 0 Å². The number of hydrazone groups is 1. The highest BCUT2D eigenvalue weighted by Gasteiger charge is 2.30. The van der Waals surface area contributed by atoms with E-state index in [2.05, 4.69) is 15.5 Å². The number of hydrogen-bond acceptors (Lipinski definition) is 6. The van der Waals surface area contributed by atoms with Crippen LogP contribution in [-0.4, -0.2) is 33.7 Å². The molecule has 1 aromatic rings. The molecule has 9 nitrogen and oxygen atoms in total. The van der Waals surface area contributed by atoms with Gasteiger partial charge in [0.05, 0.1) is 18.2 Å². The number of nitrogens with zero attached hydrogens (tertiary/aromatic N) is 2. The van der Waals surface area contributed by atoms with Crippen molar-refractivity contribution in [3.05, 3.63) is 33.1 Å². The summed E-state index contributed by atoms with van der Waals surface area (Å²) in [6.45, 7) is 2.17. The molecular formula is C15H20N4O5. The number of aromatic nitrogens is 2. The van der Waals surface area contributed by atoms with Gasteiger partial charge in [-0.25, -0.2) is 10.2 Å². The number of esters is 1. The summed E-state index contributed by atoms with van der Waals surface area (Å²) in [7, 11) is 0. The first-order chi connectivity index (χ1) is 11.5. The lowest BCUT2D eigenvalue weighted by Crippen LogP contribution is -2.31. The van der Waals surface area contributed by atoms with Crippen molar-refractivity contribution in [3.8, 4) is 0 Å². The number of hydrogen-bond donors (Lipinski definition) is 2. The Hall–Kier alpha value is -2.71. The maximum absolute atomic E-state index is 11.8. The summed E-state index contributed by atoms with van der Waals surface area (Å²) in [5, 5.41) is 4.03. The number of carbonyl (C=O) groups excluding carboxylic acids is 2. The molecule has 2 rings (SSSR count). The summed E-state index contributed by atoms with van der Waals surface area (Å²) in [4.78, 5) is 48.2. The minimum atomic E-state index is -0.570. The molecule has 1 saturated carbocycles. The first kappa shape index (κ1) is 17.6. The molecule has 0 spiro atoms. The molecule has 1 atom stereocenters. The van der Waals surface area contributed by atoms with Crippen LogP contribution in [0.2, 0.25) is 0 Å². The van der Waals surface area contributed by atoms with Crippen LogP contribution in [-0.2, 0) is 20.9 Å². The SMILES string of the molecule is CCOC(=O)C1CCC/C1=N\NC(=O)CCn1ccc(=O)[nH]c1=O. The molecule has 1 aromatic heterocycles. The minimum Gasteiger partial charge on any atom is -0.465 e. The van der Waals surface area contributed by atoms with E-state index in [0.29, 0.717) is 25.2 Å². The highest BCUT2D eigenvalue weighted by atomic mass is 16.5. The summed E-state index contributed by atoms with van der Waals surface area (Å²) < 4.78 is 6.22. The number of carbonyl (C=O) groups is 2. The van der Waals surface area contributed by atoms with Crippen molar-refractivity contribution in [2.45, 2.75) is 39.2 Å². The van der Waals surface area contributed by atoms with E-state index in [-0.39, 0.29) is 24.8 Å². The number of rotatable bonds is 6. The first-order valence-corrected chi connectivity index (χ1v) is 7.83. The summed E-state index contributed by atoms with van der Waals surface area (Å²) in [6.07, 6.45) is 3.48. The van der Waals surface area contributed by atoms with Gasteiger partial charge < -0.3 is 9.30 Å². The number of aromatic amines is 1. The van der Waals surface area contributed by atoms with E-state index < -0.39 is 17.2 Å². The van der Waals surface area contributed by atoms with Crippen LogP contribution in [0.3, 0.4) is 0 Å². The van der Waals surface area contributed by atoms with Gasteiger partial charge in [-0.3, -0.25) is 19.4 Å². The maximum Gasteiger partial charge on any atom is 0.328 e. The average Bonchev–Trinajstić information content (AvgIpc) is 3.01. The zero-order valence-electron chi connectivity index (χ0n) is 13.4. The molecular weight excluding hydrogens is 316 g/mol. The van der Waals surface area contributed by atoms with Crippen molar-refractivity contribution in [1.82, 2.24) is 15.0 Å². The van der Waals surface area contributed by atoms with Crippen LogP contribution < -0.4 is 16.7 Å². The van der Waals surface area contributed by atoms with E-state index in [1.165, 1.54) is 16.8 Å². The first-order valence-electron chi connectivity index (χ1n) is 7.83. The molecule has 0 saturated heterocycles. The third-order valence-corrected chi connectivity index (χ3v) is 3.70. The predicted molar refractivity (Wildman–Crippen MR) is 85.5 cm³/mol. The molecule has 1 heterocycles. The second-order valence-electron chi connectivity index (χ2n) is 5.39. The zero-order chi connectivity index (χ0) is 17.5. The lowest BCUT2D eigenvalue weighted by atomic mass is 10.1. The van der Waals surface area contributed by atoms with Gasteiger partial charge in [-0.1, -0.05) is 0 Å². The predicted octanol–water partition coefficient (Wildman–Crippen LogP) is -0.238. The Bertz CT molecular complexity index is 749. The molecule has 9 heteroatoms. The van der Waals surface area contributed by atoms with Gasteiger partial charge in [0.15, 0.2) is 0 Å². The Kier molecular flexibility index (Phi) is 6.05. The highest BCUT2D eigenvalue weighted by molar-refractivity contribution is 6.03. The molecule has 24 heavy (non-hydrogen) atoms. The second-order valence-corrected chi connectivity index (χ2v) is 5.39. The fourth-order valence-electron chi connectivity index (χ4n) is 2.49. The van der Waals surface area contributed by atoms with E-state index in [9.17, 15) is 19.2 Å². The Morgan fingerprint density at radius 2 is 2.25 bits per heavy atom. The largest absolute Gasteiger partial charge is 0.465 e. The molecule has 1 fully saturated rings. The number of nitrogens with one attached hydrogen (secondary N) is 2. The normalized spacial score (nSPS) is 18.5. The van der Waals surface area contributed by atoms with Crippen LogP contribution in [0.1, 0.15) is 32.6 Å². The highest BCUT2D eigenvalue weighted by Crippen LogP contribution is 2.23. The van der Waals surface area contributed by atoms with Gasteiger partial charge in [-0.15, -0.1) is 0 Å². The molecule has 1 unspecified atom stereocenters. The van der Waals surface area contributed by atoms with Gasteiger partial charge >= 0.3 is 11.7 Å². The topological polar surface area (TPSA) is 123 Å². The molecule has 0 bridgehead atoms. The van der Waals surface area contributed by atoms with E-state index in [1.807, 2.05) is 0 Å². The Morgan fingerprint density at radius 3 is 2.96 bits per heavy atom. The molecule has 130 valence electrons. The Balaban J connectivity index is 1.89. The fraction of sp³-hybridized carbons (Fsp3) is 0.533. The average molecular weight is 336 g/mol. The molecule has 1 amide bonds. The van der Waals surface area contributed by atoms with E-state index in [0.717, 1.165) is 6.42 Å². The summed E-state index contributed by atoms with van der Waals surface area (Å²) in [5.41, 5.74) is 1.96. The zero-order valence-corrected chi connectivity index (χ0v) is 13.4. The summed E-state index contributed by atoms with van der Waals surface area (Å²) in [6, 6.07) is 1.21. The summed E-state index contributed by atoms with van der Waals surface area (Å²) in [5.74, 6) is -1.09. The molecule has 1 aliphatic rings. The number of H-pyrrole nitrogens is 1. The molecule has 0 aromatic carbocycles. The van der Waals surface area contributed by atoms with Crippen LogP contribution in [0.5, 0.6) is 0 Å². The van der Waals surface area contributed by atoms with Crippen molar-refractivity contribution >= 4 is 17.6 Å². The van der Waals surface area contributed by atoms with Crippen molar-refractivity contribution in [2.24, 2.45) is 11.0 Å². The van der Waals surface area contributed by atoms with Gasteiger partial charge in [-0.2, -0.15) is 5.10 Å². The van der Waals surface area contributed by atoms with Crippen LogP contribution in [0.25, 0.3) is 0 Å². The Morgan fingerprint density at radius 1 is 1.46 bits per heavy atom. The number of ether oxygens (including phenoxy) is 1.